The van der Waals surface area contributed by atoms with Crippen molar-refractivity contribution in [1.82, 2.24) is 10.3 Å². The van der Waals surface area contributed by atoms with Gasteiger partial charge in [-0.2, -0.15) is 0 Å². The van der Waals surface area contributed by atoms with Crippen LogP contribution in [0.3, 0.4) is 0 Å². The number of carbonyl (C=O) groups excluding carboxylic acids is 1. The Hall–Kier alpha value is -2.06. The molecule has 0 saturated carbocycles. The van der Waals surface area contributed by atoms with Crippen molar-refractivity contribution in [3.8, 4) is 0 Å². The number of hydrogen-bond donors (Lipinski definition) is 1. The van der Waals surface area contributed by atoms with E-state index in [1.807, 2.05) is 38.1 Å². The van der Waals surface area contributed by atoms with Gasteiger partial charge in [0.15, 0.2) is 0 Å². The minimum absolute atomic E-state index is 0.240. The number of pyridine rings is 1. The van der Waals surface area contributed by atoms with Gasteiger partial charge in [0, 0.05) is 18.5 Å². The van der Waals surface area contributed by atoms with Crippen molar-refractivity contribution >= 4 is 33.4 Å². The van der Waals surface area contributed by atoms with E-state index in [-0.39, 0.29) is 12.5 Å². The summed E-state index contributed by atoms with van der Waals surface area (Å²) >= 11 is 1.53. The fourth-order valence-electron chi connectivity index (χ4n) is 2.25. The van der Waals surface area contributed by atoms with E-state index in [0.29, 0.717) is 18.0 Å². The summed E-state index contributed by atoms with van der Waals surface area (Å²) in [5.74, 6) is 0.320. The van der Waals surface area contributed by atoms with Gasteiger partial charge in [-0.1, -0.05) is 12.1 Å². The molecule has 1 amide bonds. The van der Waals surface area contributed by atoms with Crippen LogP contribution in [0, 0.1) is 13.8 Å². The molecule has 1 heterocycles. The summed E-state index contributed by atoms with van der Waals surface area (Å²) < 4.78 is 25.3. The molecular formula is C18H23N3O3S2. The second kappa shape index (κ2) is 9.05. The number of rotatable bonds is 8. The largest absolute Gasteiger partial charge is 0.354 e. The zero-order valence-corrected chi connectivity index (χ0v) is 16.7. The minimum atomic E-state index is -3.56. The number of nitrogens with zero attached hydrogens (tertiary/aromatic N) is 2. The molecule has 2 aromatic rings. The van der Waals surface area contributed by atoms with E-state index in [1.165, 1.54) is 11.8 Å². The lowest BCUT2D eigenvalue weighted by atomic mass is 10.1. The van der Waals surface area contributed by atoms with Crippen LogP contribution in [0.5, 0.6) is 0 Å². The molecule has 0 aliphatic heterocycles. The van der Waals surface area contributed by atoms with Crippen molar-refractivity contribution in [2.75, 3.05) is 29.4 Å². The Labute approximate surface area is 159 Å². The summed E-state index contributed by atoms with van der Waals surface area (Å²) in [6.07, 6.45) is 2.82. The second-order valence-corrected chi connectivity index (χ2v) is 8.93. The number of benzene rings is 1. The van der Waals surface area contributed by atoms with Gasteiger partial charge in [0.1, 0.15) is 6.54 Å². The summed E-state index contributed by atoms with van der Waals surface area (Å²) in [6.45, 7) is 4.06. The van der Waals surface area contributed by atoms with Gasteiger partial charge in [0.25, 0.3) is 0 Å². The summed E-state index contributed by atoms with van der Waals surface area (Å²) in [7, 11) is -3.56. The van der Waals surface area contributed by atoms with Gasteiger partial charge in [-0.3, -0.25) is 9.10 Å². The van der Waals surface area contributed by atoms with Gasteiger partial charge >= 0.3 is 0 Å². The van der Waals surface area contributed by atoms with E-state index in [9.17, 15) is 13.2 Å². The molecular weight excluding hydrogens is 370 g/mol. The molecule has 0 unspecified atom stereocenters. The first kappa shape index (κ1) is 20.3. The number of carbonyl (C=O) groups is 1. The Morgan fingerprint density at radius 3 is 2.58 bits per heavy atom. The van der Waals surface area contributed by atoms with Crippen LogP contribution < -0.4 is 9.62 Å². The van der Waals surface area contributed by atoms with E-state index >= 15 is 0 Å². The van der Waals surface area contributed by atoms with Crippen LogP contribution in [0.1, 0.15) is 11.1 Å². The maximum atomic E-state index is 12.2. The molecule has 1 aromatic carbocycles. The topological polar surface area (TPSA) is 79.4 Å². The Morgan fingerprint density at radius 1 is 1.19 bits per heavy atom. The maximum absolute atomic E-state index is 12.2. The Kier molecular flexibility index (Phi) is 7.05. The van der Waals surface area contributed by atoms with Crippen LogP contribution in [-0.2, 0) is 14.8 Å². The molecule has 26 heavy (non-hydrogen) atoms. The van der Waals surface area contributed by atoms with Crippen LogP contribution in [0.25, 0.3) is 0 Å². The highest BCUT2D eigenvalue weighted by atomic mass is 32.2. The monoisotopic (exact) mass is 393 g/mol. The lowest BCUT2D eigenvalue weighted by Gasteiger charge is -2.22. The fraction of sp³-hybridized carbons (Fsp3) is 0.333. The predicted molar refractivity (Wildman–Crippen MR) is 106 cm³/mol. The van der Waals surface area contributed by atoms with Gasteiger partial charge in [0.2, 0.25) is 15.9 Å². The van der Waals surface area contributed by atoms with E-state index in [2.05, 4.69) is 10.3 Å². The molecule has 0 spiro atoms. The molecule has 0 aliphatic rings. The Balaban J connectivity index is 1.93. The molecule has 2 rings (SSSR count). The number of aromatic nitrogens is 1. The van der Waals surface area contributed by atoms with Crippen molar-refractivity contribution in [2.45, 2.75) is 18.9 Å². The number of anilines is 1. The first-order chi connectivity index (χ1) is 12.3. The first-order valence-electron chi connectivity index (χ1n) is 8.13. The molecule has 140 valence electrons. The summed E-state index contributed by atoms with van der Waals surface area (Å²) in [5, 5.41) is 3.64. The normalized spacial score (nSPS) is 11.2. The standard InChI is InChI=1S/C18H23N3O3S2/c1-14-7-8-16(12-15(14)2)21(26(3,23)24)13-17(22)19-10-11-25-18-6-4-5-9-20-18/h4-9,12H,10-11,13H2,1-3H3,(H,19,22). The summed E-state index contributed by atoms with van der Waals surface area (Å²) in [5.41, 5.74) is 2.54. The maximum Gasteiger partial charge on any atom is 0.240 e. The molecule has 0 radical (unpaired) electrons. The number of thioether (sulfide) groups is 1. The van der Waals surface area contributed by atoms with Crippen molar-refractivity contribution in [1.29, 1.82) is 0 Å². The third-order valence-corrected chi connectivity index (χ3v) is 5.86. The van der Waals surface area contributed by atoms with Crippen LogP contribution in [0.15, 0.2) is 47.6 Å². The van der Waals surface area contributed by atoms with Crippen LogP contribution in [-0.4, -0.2) is 44.4 Å². The average molecular weight is 394 g/mol. The number of aryl methyl sites for hydroxylation is 2. The minimum Gasteiger partial charge on any atom is -0.354 e. The summed E-state index contributed by atoms with van der Waals surface area (Å²) in [4.78, 5) is 16.4. The highest BCUT2D eigenvalue weighted by Gasteiger charge is 2.21. The molecule has 1 aromatic heterocycles. The molecule has 0 fully saturated rings. The van der Waals surface area contributed by atoms with E-state index in [0.717, 1.165) is 26.7 Å². The first-order valence-corrected chi connectivity index (χ1v) is 11.0. The Bertz CT molecular complexity index is 855. The van der Waals surface area contributed by atoms with Crippen molar-refractivity contribution in [3.05, 3.63) is 53.7 Å². The van der Waals surface area contributed by atoms with E-state index < -0.39 is 10.0 Å². The molecule has 6 nitrogen and oxygen atoms in total. The van der Waals surface area contributed by atoms with Crippen molar-refractivity contribution in [3.63, 3.8) is 0 Å². The number of amides is 1. The SMILES string of the molecule is Cc1ccc(N(CC(=O)NCCSc2ccccn2)S(C)(=O)=O)cc1C. The van der Waals surface area contributed by atoms with Crippen molar-refractivity contribution in [2.24, 2.45) is 0 Å². The Morgan fingerprint density at radius 2 is 1.96 bits per heavy atom. The highest BCUT2D eigenvalue weighted by Crippen LogP contribution is 2.21. The zero-order chi connectivity index (χ0) is 19.2. The number of hydrogen-bond acceptors (Lipinski definition) is 5. The smallest absolute Gasteiger partial charge is 0.240 e. The van der Waals surface area contributed by atoms with Crippen LogP contribution in [0.4, 0.5) is 5.69 Å². The average Bonchev–Trinajstić information content (AvgIpc) is 2.59. The van der Waals surface area contributed by atoms with Gasteiger partial charge in [0.05, 0.1) is 17.0 Å². The number of nitrogens with one attached hydrogen (secondary N) is 1. The van der Waals surface area contributed by atoms with Crippen LogP contribution >= 0.6 is 11.8 Å². The molecule has 0 saturated heterocycles. The van der Waals surface area contributed by atoms with Gasteiger partial charge < -0.3 is 5.32 Å². The zero-order valence-electron chi connectivity index (χ0n) is 15.1. The van der Waals surface area contributed by atoms with Crippen molar-refractivity contribution < 1.29 is 13.2 Å². The van der Waals surface area contributed by atoms with Crippen LogP contribution in [0.2, 0.25) is 0 Å². The molecule has 0 aliphatic carbocycles. The molecule has 1 N–H and O–H groups in total. The molecule has 8 heteroatoms. The lowest BCUT2D eigenvalue weighted by Crippen LogP contribution is -2.41. The lowest BCUT2D eigenvalue weighted by molar-refractivity contribution is -0.119. The third kappa shape index (κ3) is 6.03. The van der Waals surface area contributed by atoms with E-state index in [1.54, 1.807) is 18.3 Å². The fourth-order valence-corrected chi connectivity index (χ4v) is 3.82. The highest BCUT2D eigenvalue weighted by molar-refractivity contribution is 7.99. The number of sulfonamides is 1. The van der Waals surface area contributed by atoms with Gasteiger partial charge in [-0.25, -0.2) is 13.4 Å². The molecule has 0 atom stereocenters. The van der Waals surface area contributed by atoms with Gasteiger partial charge in [-0.15, -0.1) is 11.8 Å². The van der Waals surface area contributed by atoms with E-state index in [4.69, 9.17) is 0 Å². The molecule has 0 bridgehead atoms. The summed E-state index contributed by atoms with van der Waals surface area (Å²) in [6, 6.07) is 11.0. The second-order valence-electron chi connectivity index (χ2n) is 5.90. The third-order valence-electron chi connectivity index (χ3n) is 3.78. The van der Waals surface area contributed by atoms with Gasteiger partial charge in [-0.05, 0) is 49.2 Å². The quantitative estimate of drug-likeness (QED) is 0.550. The predicted octanol–water partition coefficient (Wildman–Crippen LogP) is 2.37.